The van der Waals surface area contributed by atoms with E-state index < -0.39 is 23.7 Å². The van der Waals surface area contributed by atoms with Crippen LogP contribution in [0.2, 0.25) is 5.02 Å². The molecule has 1 heterocycles. The normalized spacial score (nSPS) is 15.6. The molecule has 0 aliphatic carbocycles. The lowest BCUT2D eigenvalue weighted by Crippen LogP contribution is -2.34. The van der Waals surface area contributed by atoms with Gasteiger partial charge in [-0.05, 0) is 48.7 Å². The number of nitrogens with one attached hydrogen (secondary N) is 2. The quantitative estimate of drug-likeness (QED) is 0.364. The highest BCUT2D eigenvalue weighted by molar-refractivity contribution is 6.33. The number of ketones is 1. The lowest BCUT2D eigenvalue weighted by molar-refractivity contribution is -0.175. The second-order valence-electron chi connectivity index (χ2n) is 7.95. The van der Waals surface area contributed by atoms with E-state index in [1.54, 1.807) is 36.4 Å². The third-order valence-electron chi connectivity index (χ3n) is 5.65. The van der Waals surface area contributed by atoms with Gasteiger partial charge >= 0.3 is 6.18 Å². The third kappa shape index (κ3) is 5.44. The number of carbonyl (C=O) groups excluding carboxylic acids is 1. The van der Waals surface area contributed by atoms with E-state index in [-0.39, 0.29) is 25.9 Å². The topological polar surface area (TPSA) is 50.4 Å². The van der Waals surface area contributed by atoms with Crippen molar-refractivity contribution in [1.82, 2.24) is 0 Å². The Hall–Kier alpha value is -3.26. The Bertz CT molecular complexity index is 1190. The Morgan fingerprint density at radius 2 is 1.85 bits per heavy atom. The molecule has 3 aromatic rings. The molecule has 1 aliphatic heterocycles. The van der Waals surface area contributed by atoms with E-state index in [2.05, 4.69) is 10.6 Å². The van der Waals surface area contributed by atoms with E-state index in [1.807, 2.05) is 18.2 Å². The summed E-state index contributed by atoms with van der Waals surface area (Å²) in [4.78, 5) is 11.7. The van der Waals surface area contributed by atoms with Crippen LogP contribution >= 0.6 is 11.6 Å². The molecule has 4 nitrogen and oxygen atoms in total. The Morgan fingerprint density at radius 1 is 1.09 bits per heavy atom. The van der Waals surface area contributed by atoms with Crippen LogP contribution in [-0.2, 0) is 17.8 Å². The van der Waals surface area contributed by atoms with E-state index in [1.165, 1.54) is 6.07 Å². The number of alkyl halides is 3. The summed E-state index contributed by atoms with van der Waals surface area (Å²) in [6.07, 6.45) is -4.65. The Morgan fingerprint density at radius 3 is 2.56 bits per heavy atom. The highest BCUT2D eigenvalue weighted by atomic mass is 35.5. The van der Waals surface area contributed by atoms with Gasteiger partial charge in [0.15, 0.2) is 0 Å². The van der Waals surface area contributed by atoms with Crippen LogP contribution in [0.15, 0.2) is 60.7 Å². The van der Waals surface area contributed by atoms with Crippen molar-refractivity contribution < 1.29 is 27.1 Å². The summed E-state index contributed by atoms with van der Waals surface area (Å²) in [5.74, 6) is -2.47. The van der Waals surface area contributed by atoms with Gasteiger partial charge in [-0.3, -0.25) is 4.79 Å². The first-order valence-corrected chi connectivity index (χ1v) is 11.0. The van der Waals surface area contributed by atoms with Crippen LogP contribution in [0.4, 0.5) is 28.9 Å². The summed E-state index contributed by atoms with van der Waals surface area (Å²) < 4.78 is 59.0. The minimum absolute atomic E-state index is 0.0211. The van der Waals surface area contributed by atoms with Gasteiger partial charge in [-0.25, -0.2) is 4.39 Å². The molecule has 1 unspecified atom stereocenters. The van der Waals surface area contributed by atoms with Gasteiger partial charge in [0, 0.05) is 36.3 Å². The number of benzene rings is 3. The fraction of sp³-hybridized carbons (Fsp3) is 0.240. The number of rotatable bonds is 6. The standard InChI is InChI=1S/C25H21ClF4N2O2/c26-20-10-11-22-19(9-7-16(14-31-22)24(33)25(28,29)30)23(20)32-13-15-6-8-18(12-21(15)27)34-17-4-2-1-3-5-17/h1-6,8,10-12,16,31-32H,7,9,13-14H2. The van der Waals surface area contributed by atoms with Crippen molar-refractivity contribution in [3.63, 3.8) is 0 Å². The number of carbonyl (C=O) groups is 1. The summed E-state index contributed by atoms with van der Waals surface area (Å²) >= 11 is 6.36. The van der Waals surface area contributed by atoms with Gasteiger partial charge in [-0.1, -0.05) is 35.9 Å². The predicted octanol–water partition coefficient (Wildman–Crippen LogP) is 6.99. The molecule has 0 amide bonds. The van der Waals surface area contributed by atoms with Gasteiger partial charge in [-0.15, -0.1) is 0 Å². The van der Waals surface area contributed by atoms with Gasteiger partial charge < -0.3 is 15.4 Å². The molecule has 1 atom stereocenters. The van der Waals surface area contributed by atoms with Crippen molar-refractivity contribution in [2.24, 2.45) is 5.92 Å². The molecule has 0 spiro atoms. The van der Waals surface area contributed by atoms with Crippen molar-refractivity contribution >= 4 is 28.8 Å². The number of para-hydroxylation sites is 1. The Kier molecular flexibility index (Phi) is 6.97. The van der Waals surface area contributed by atoms with Crippen LogP contribution in [0.3, 0.4) is 0 Å². The van der Waals surface area contributed by atoms with Gasteiger partial charge in [-0.2, -0.15) is 13.2 Å². The largest absolute Gasteiger partial charge is 0.457 e. The molecule has 0 radical (unpaired) electrons. The molecule has 34 heavy (non-hydrogen) atoms. The van der Waals surface area contributed by atoms with Crippen molar-refractivity contribution in [3.8, 4) is 11.5 Å². The molecular formula is C25H21ClF4N2O2. The molecule has 3 aromatic carbocycles. The minimum Gasteiger partial charge on any atom is -0.457 e. The zero-order valence-corrected chi connectivity index (χ0v) is 18.6. The number of halogens is 5. The van der Waals surface area contributed by atoms with E-state index in [9.17, 15) is 22.4 Å². The van der Waals surface area contributed by atoms with E-state index >= 15 is 0 Å². The summed E-state index contributed by atoms with van der Waals surface area (Å²) in [6.45, 7) is -0.0253. The van der Waals surface area contributed by atoms with Gasteiger partial charge in [0.25, 0.3) is 0 Å². The maximum absolute atomic E-state index is 14.7. The first-order chi connectivity index (χ1) is 16.2. The molecular weight excluding hydrogens is 472 g/mol. The van der Waals surface area contributed by atoms with Gasteiger partial charge in [0.05, 0.1) is 10.7 Å². The fourth-order valence-electron chi connectivity index (χ4n) is 3.89. The summed E-state index contributed by atoms with van der Waals surface area (Å²) in [7, 11) is 0. The monoisotopic (exact) mass is 492 g/mol. The first kappa shape index (κ1) is 23.9. The number of ether oxygens (including phenoxy) is 1. The van der Waals surface area contributed by atoms with Crippen molar-refractivity contribution in [3.05, 3.63) is 82.6 Å². The molecule has 0 saturated carbocycles. The second-order valence-corrected chi connectivity index (χ2v) is 8.36. The maximum atomic E-state index is 14.7. The SMILES string of the molecule is O=C(C1CCc2c(ccc(Cl)c2NCc2ccc(Oc3ccccc3)cc2F)NC1)C(F)(F)F. The maximum Gasteiger partial charge on any atom is 0.450 e. The van der Waals surface area contributed by atoms with Gasteiger partial charge in [0.2, 0.25) is 5.78 Å². The minimum atomic E-state index is -4.88. The first-order valence-electron chi connectivity index (χ1n) is 10.6. The van der Waals surface area contributed by atoms with Crippen LogP contribution in [0.25, 0.3) is 0 Å². The number of Topliss-reactive ketones (excluding diaryl/α,β-unsaturated/α-hetero) is 1. The van der Waals surface area contributed by atoms with Crippen LogP contribution in [-0.4, -0.2) is 18.5 Å². The Labute approximate surface area is 198 Å². The zero-order chi connectivity index (χ0) is 24.3. The third-order valence-corrected chi connectivity index (χ3v) is 5.97. The van der Waals surface area contributed by atoms with Crippen molar-refractivity contribution in [2.45, 2.75) is 25.6 Å². The number of fused-ring (bicyclic) bond motifs is 1. The molecule has 2 N–H and O–H groups in total. The lowest BCUT2D eigenvalue weighted by atomic mass is 9.96. The molecule has 0 bridgehead atoms. The van der Waals surface area contributed by atoms with Crippen LogP contribution in [0.5, 0.6) is 11.5 Å². The molecule has 178 valence electrons. The molecule has 0 fully saturated rings. The van der Waals surface area contributed by atoms with E-state index in [0.717, 1.165) is 0 Å². The predicted molar refractivity (Wildman–Crippen MR) is 123 cm³/mol. The molecule has 0 aromatic heterocycles. The average molecular weight is 493 g/mol. The Balaban J connectivity index is 1.48. The summed E-state index contributed by atoms with van der Waals surface area (Å²) in [5.41, 5.74) is 2.11. The van der Waals surface area contributed by atoms with Crippen LogP contribution in [0, 0.1) is 11.7 Å². The summed E-state index contributed by atoms with van der Waals surface area (Å²) in [5, 5.41) is 6.39. The van der Waals surface area contributed by atoms with Gasteiger partial charge in [0.1, 0.15) is 17.3 Å². The molecule has 1 aliphatic rings. The number of hydrogen-bond acceptors (Lipinski definition) is 4. The van der Waals surface area contributed by atoms with Crippen molar-refractivity contribution in [2.75, 3.05) is 17.2 Å². The molecule has 9 heteroatoms. The number of hydrogen-bond donors (Lipinski definition) is 2. The van der Waals surface area contributed by atoms with E-state index in [4.69, 9.17) is 16.3 Å². The number of anilines is 2. The molecule has 4 rings (SSSR count). The highest BCUT2D eigenvalue weighted by Crippen LogP contribution is 2.37. The fourth-order valence-corrected chi connectivity index (χ4v) is 4.13. The zero-order valence-electron chi connectivity index (χ0n) is 17.9. The summed E-state index contributed by atoms with van der Waals surface area (Å²) in [6, 6.07) is 16.8. The average Bonchev–Trinajstić information content (AvgIpc) is 3.02. The van der Waals surface area contributed by atoms with Crippen LogP contribution < -0.4 is 15.4 Å². The van der Waals surface area contributed by atoms with Crippen LogP contribution in [0.1, 0.15) is 17.5 Å². The van der Waals surface area contributed by atoms with Crippen molar-refractivity contribution in [1.29, 1.82) is 0 Å². The smallest absolute Gasteiger partial charge is 0.450 e. The lowest BCUT2D eigenvalue weighted by Gasteiger charge is -2.17. The highest BCUT2D eigenvalue weighted by Gasteiger charge is 2.43. The second kappa shape index (κ2) is 9.93. The molecule has 0 saturated heterocycles. The van der Waals surface area contributed by atoms with E-state index in [0.29, 0.717) is 39.0 Å².